The number of benzene rings is 2. The van der Waals surface area contributed by atoms with E-state index in [1.807, 2.05) is 41.3 Å². The molecule has 2 heterocycles. The van der Waals surface area contributed by atoms with Crippen LogP contribution in [0.15, 0.2) is 59.6 Å². The number of anilines is 1. The summed E-state index contributed by atoms with van der Waals surface area (Å²) in [7, 11) is 0. The molecule has 0 bridgehead atoms. The van der Waals surface area contributed by atoms with Gasteiger partial charge in [0.05, 0.1) is 17.5 Å². The molecule has 1 amide bonds. The summed E-state index contributed by atoms with van der Waals surface area (Å²) in [4.78, 5) is 20.0. The highest BCUT2D eigenvalue weighted by Gasteiger charge is 2.45. The number of hydrogen-bond acceptors (Lipinski definition) is 3. The van der Waals surface area contributed by atoms with Crippen LogP contribution in [0, 0.1) is 0 Å². The van der Waals surface area contributed by atoms with Crippen LogP contribution in [0.5, 0.6) is 0 Å². The summed E-state index contributed by atoms with van der Waals surface area (Å²) in [5.74, 6) is 1.11. The van der Waals surface area contributed by atoms with E-state index in [4.69, 9.17) is 4.99 Å². The summed E-state index contributed by atoms with van der Waals surface area (Å²) in [6.45, 7) is 8.46. The fraction of sp³-hybridized carbons (Fsp3) is 0.417. The number of rotatable bonds is 2. The van der Waals surface area contributed by atoms with Gasteiger partial charge in [0, 0.05) is 25.3 Å². The predicted molar refractivity (Wildman–Crippen MR) is 118 cm³/mol. The zero-order valence-corrected chi connectivity index (χ0v) is 17.5. The minimum atomic E-state index is -0.349. The van der Waals surface area contributed by atoms with Gasteiger partial charge in [0.2, 0.25) is 5.91 Å². The molecule has 2 aromatic carbocycles. The van der Waals surface area contributed by atoms with Gasteiger partial charge in [-0.25, -0.2) is 0 Å². The Morgan fingerprint density at radius 3 is 2.59 bits per heavy atom. The Balaban J connectivity index is 1.59. The summed E-state index contributed by atoms with van der Waals surface area (Å²) in [5, 5.41) is 7.35. The van der Waals surface area contributed by atoms with Crippen LogP contribution in [-0.4, -0.2) is 40.8 Å². The van der Waals surface area contributed by atoms with E-state index >= 15 is 0 Å². The van der Waals surface area contributed by atoms with Crippen molar-refractivity contribution in [3.8, 4) is 0 Å². The summed E-state index contributed by atoms with van der Waals surface area (Å²) in [6, 6.07) is 18.3. The highest BCUT2D eigenvalue weighted by atomic mass is 16.2. The average molecular weight is 391 g/mol. The Bertz CT molecular complexity index is 916. The van der Waals surface area contributed by atoms with Crippen LogP contribution in [-0.2, 0) is 17.8 Å². The molecule has 152 valence electrons. The second kappa shape index (κ2) is 7.64. The molecule has 4 rings (SSSR count). The van der Waals surface area contributed by atoms with Crippen molar-refractivity contribution >= 4 is 17.4 Å². The quantitative estimate of drug-likeness (QED) is 0.824. The Morgan fingerprint density at radius 1 is 1.10 bits per heavy atom. The molecule has 0 saturated carbocycles. The van der Waals surface area contributed by atoms with Gasteiger partial charge in [-0.05, 0) is 44.4 Å². The van der Waals surface area contributed by atoms with Gasteiger partial charge in [0.25, 0.3) is 0 Å². The van der Waals surface area contributed by atoms with Gasteiger partial charge in [-0.1, -0.05) is 48.5 Å². The average Bonchev–Trinajstić information content (AvgIpc) is 3.06. The monoisotopic (exact) mass is 390 g/mol. The number of amides is 1. The van der Waals surface area contributed by atoms with E-state index in [9.17, 15) is 4.79 Å². The summed E-state index contributed by atoms with van der Waals surface area (Å²) < 4.78 is 0. The van der Waals surface area contributed by atoms with E-state index < -0.39 is 0 Å². The SMILES string of the molecule is CC(C)(C)N=C1Nc2ccccc2CN[C@@]12CCN(C(=O)Cc1ccccc1)C2. The number of carbonyl (C=O) groups excluding carboxylic acids is 1. The third-order valence-electron chi connectivity index (χ3n) is 5.61. The molecule has 0 unspecified atom stereocenters. The van der Waals surface area contributed by atoms with Crippen LogP contribution < -0.4 is 10.6 Å². The molecule has 0 aromatic heterocycles. The van der Waals surface area contributed by atoms with E-state index in [0.717, 1.165) is 36.6 Å². The van der Waals surface area contributed by atoms with Crippen molar-refractivity contribution in [3.05, 3.63) is 65.7 Å². The molecular weight excluding hydrogens is 360 g/mol. The zero-order chi connectivity index (χ0) is 20.5. The first kappa shape index (κ1) is 19.6. The van der Waals surface area contributed by atoms with Gasteiger partial charge in [-0.15, -0.1) is 0 Å². The van der Waals surface area contributed by atoms with E-state index in [2.05, 4.69) is 49.6 Å². The molecule has 1 spiro atoms. The fourth-order valence-corrected chi connectivity index (χ4v) is 4.10. The lowest BCUT2D eigenvalue weighted by atomic mass is 9.95. The summed E-state index contributed by atoms with van der Waals surface area (Å²) in [5.41, 5.74) is 2.81. The number of nitrogens with zero attached hydrogens (tertiary/aromatic N) is 2. The number of likely N-dealkylation sites (tertiary alicyclic amines) is 1. The lowest BCUT2D eigenvalue weighted by Gasteiger charge is -2.32. The minimum Gasteiger partial charge on any atom is -0.342 e. The molecule has 0 aliphatic carbocycles. The second-order valence-electron chi connectivity index (χ2n) is 9.08. The maximum absolute atomic E-state index is 13.0. The maximum atomic E-state index is 13.0. The first-order chi connectivity index (χ1) is 13.8. The Hall–Kier alpha value is -2.66. The topological polar surface area (TPSA) is 56.7 Å². The Labute approximate surface area is 173 Å². The van der Waals surface area contributed by atoms with Gasteiger partial charge in [0.1, 0.15) is 5.84 Å². The molecular formula is C24H30N4O. The Kier molecular flexibility index (Phi) is 5.17. The Morgan fingerprint density at radius 2 is 1.83 bits per heavy atom. The molecule has 1 saturated heterocycles. The van der Waals surface area contributed by atoms with Crippen LogP contribution in [0.25, 0.3) is 0 Å². The molecule has 1 atom stereocenters. The number of fused-ring (bicyclic) bond motifs is 1. The van der Waals surface area contributed by atoms with Crippen LogP contribution in [0.2, 0.25) is 0 Å². The zero-order valence-electron chi connectivity index (χ0n) is 17.5. The fourth-order valence-electron chi connectivity index (χ4n) is 4.10. The normalized spacial score (nSPS) is 23.0. The smallest absolute Gasteiger partial charge is 0.227 e. The molecule has 2 aromatic rings. The first-order valence-corrected chi connectivity index (χ1v) is 10.4. The van der Waals surface area contributed by atoms with Gasteiger partial charge in [0.15, 0.2) is 0 Å². The highest BCUT2D eigenvalue weighted by Crippen LogP contribution is 2.31. The number of carbonyl (C=O) groups is 1. The van der Waals surface area contributed by atoms with Crippen molar-refractivity contribution in [2.75, 3.05) is 18.4 Å². The number of nitrogens with one attached hydrogen (secondary N) is 2. The number of amidine groups is 1. The minimum absolute atomic E-state index is 0.173. The third kappa shape index (κ3) is 4.35. The predicted octanol–water partition coefficient (Wildman–Crippen LogP) is 3.61. The van der Waals surface area contributed by atoms with E-state index in [1.54, 1.807) is 0 Å². The van der Waals surface area contributed by atoms with Gasteiger partial charge >= 0.3 is 0 Å². The molecule has 5 nitrogen and oxygen atoms in total. The van der Waals surface area contributed by atoms with Gasteiger partial charge in [-0.2, -0.15) is 0 Å². The largest absolute Gasteiger partial charge is 0.342 e. The first-order valence-electron chi connectivity index (χ1n) is 10.4. The van der Waals surface area contributed by atoms with Crippen LogP contribution >= 0.6 is 0 Å². The van der Waals surface area contributed by atoms with E-state index in [1.165, 1.54) is 5.56 Å². The van der Waals surface area contributed by atoms with Crippen molar-refractivity contribution in [2.24, 2.45) is 4.99 Å². The van der Waals surface area contributed by atoms with Crippen molar-refractivity contribution in [3.63, 3.8) is 0 Å². The standard InChI is InChI=1S/C24H30N4O/c1-23(2,3)27-22-24(25-16-19-11-7-8-12-20(19)26-22)13-14-28(17-24)21(29)15-18-9-5-4-6-10-18/h4-12,25H,13-17H2,1-3H3,(H,26,27)/t24-/m1/s1. The maximum Gasteiger partial charge on any atom is 0.227 e. The van der Waals surface area contributed by atoms with Crippen LogP contribution in [0.1, 0.15) is 38.3 Å². The number of para-hydroxylation sites is 1. The van der Waals surface area contributed by atoms with Crippen molar-refractivity contribution in [2.45, 2.75) is 51.2 Å². The molecule has 2 N–H and O–H groups in total. The summed E-state index contributed by atoms with van der Waals surface area (Å²) in [6.07, 6.45) is 1.29. The summed E-state index contributed by atoms with van der Waals surface area (Å²) >= 11 is 0. The van der Waals surface area contributed by atoms with Crippen molar-refractivity contribution < 1.29 is 4.79 Å². The highest BCUT2D eigenvalue weighted by molar-refractivity contribution is 6.04. The van der Waals surface area contributed by atoms with Gasteiger partial charge < -0.3 is 10.2 Å². The second-order valence-corrected chi connectivity index (χ2v) is 9.08. The lowest BCUT2D eigenvalue weighted by Crippen LogP contribution is -2.56. The molecule has 0 radical (unpaired) electrons. The molecule has 1 fully saturated rings. The molecule has 2 aliphatic heterocycles. The molecule has 29 heavy (non-hydrogen) atoms. The van der Waals surface area contributed by atoms with E-state index in [0.29, 0.717) is 13.0 Å². The van der Waals surface area contributed by atoms with Crippen LogP contribution in [0.4, 0.5) is 5.69 Å². The third-order valence-corrected chi connectivity index (χ3v) is 5.61. The van der Waals surface area contributed by atoms with Crippen LogP contribution in [0.3, 0.4) is 0 Å². The molecule has 2 aliphatic rings. The number of aliphatic imine (C=N–C) groups is 1. The number of hydrogen-bond donors (Lipinski definition) is 2. The van der Waals surface area contributed by atoms with Crippen molar-refractivity contribution in [1.82, 2.24) is 10.2 Å². The van der Waals surface area contributed by atoms with Crippen molar-refractivity contribution in [1.29, 1.82) is 0 Å². The molecule has 5 heteroatoms. The lowest BCUT2D eigenvalue weighted by molar-refractivity contribution is -0.129. The van der Waals surface area contributed by atoms with Gasteiger partial charge in [-0.3, -0.25) is 15.1 Å². The van der Waals surface area contributed by atoms with E-state index in [-0.39, 0.29) is 17.0 Å².